The van der Waals surface area contributed by atoms with Crippen LogP contribution in [0.2, 0.25) is 0 Å². The average Bonchev–Trinajstić information content (AvgIpc) is 2.53. The molecular weight excluding hydrogens is 316 g/mol. The summed E-state index contributed by atoms with van der Waals surface area (Å²) in [6.07, 6.45) is 0.0860. The van der Waals surface area contributed by atoms with Gasteiger partial charge in [0.25, 0.3) is 0 Å². The van der Waals surface area contributed by atoms with Crippen LogP contribution < -0.4 is 4.74 Å². The molecule has 0 spiro atoms. The molecule has 0 saturated carbocycles. The van der Waals surface area contributed by atoms with Crippen LogP contribution >= 0.6 is 0 Å². The zero-order chi connectivity index (χ0) is 17.5. The van der Waals surface area contributed by atoms with Gasteiger partial charge in [0.1, 0.15) is 24.7 Å². The number of carbonyl (C=O) groups is 3. The topological polar surface area (TPSA) is 88.1 Å². The van der Waals surface area contributed by atoms with E-state index in [4.69, 9.17) is 18.9 Å². The van der Waals surface area contributed by atoms with Crippen molar-refractivity contribution < 1.29 is 33.3 Å². The van der Waals surface area contributed by atoms with E-state index in [2.05, 4.69) is 0 Å². The first kappa shape index (κ1) is 17.9. The smallest absolute Gasteiger partial charge is 0.302 e. The molecule has 2 rings (SSSR count). The fraction of sp³-hybridized carbons (Fsp3) is 0.471. The van der Waals surface area contributed by atoms with E-state index >= 15 is 0 Å². The molecule has 0 radical (unpaired) electrons. The highest BCUT2D eigenvalue weighted by Gasteiger charge is 2.33. The molecule has 0 amide bonds. The Balaban J connectivity index is 2.00. The Morgan fingerprint density at radius 2 is 1.88 bits per heavy atom. The monoisotopic (exact) mass is 336 g/mol. The van der Waals surface area contributed by atoms with E-state index in [0.29, 0.717) is 24.2 Å². The van der Waals surface area contributed by atoms with Crippen LogP contribution in [0.4, 0.5) is 0 Å². The summed E-state index contributed by atoms with van der Waals surface area (Å²) in [6, 6.07) is 6.57. The van der Waals surface area contributed by atoms with Crippen molar-refractivity contribution in [3.63, 3.8) is 0 Å². The zero-order valence-corrected chi connectivity index (χ0v) is 13.6. The van der Waals surface area contributed by atoms with Crippen molar-refractivity contribution in [3.05, 3.63) is 29.8 Å². The van der Waals surface area contributed by atoms with Gasteiger partial charge in [0.15, 0.2) is 0 Å². The minimum atomic E-state index is -0.647. The van der Waals surface area contributed by atoms with Crippen LogP contribution in [0.15, 0.2) is 24.3 Å². The normalized spacial score (nSPS) is 23.2. The van der Waals surface area contributed by atoms with Crippen LogP contribution in [-0.2, 0) is 23.8 Å². The standard InChI is InChI=1S/C17H20O7/c1-11(19)21-10-16-7-15(22-12(2)20)8-17(24-16)23-14-5-3-13(9-18)4-6-14/h3-6,9,15-17H,7-8,10H2,1-2H3. The summed E-state index contributed by atoms with van der Waals surface area (Å²) in [4.78, 5) is 32.8. The van der Waals surface area contributed by atoms with E-state index < -0.39 is 18.4 Å². The fourth-order valence-corrected chi connectivity index (χ4v) is 2.43. The molecule has 1 aliphatic heterocycles. The van der Waals surface area contributed by atoms with Crippen molar-refractivity contribution in [1.29, 1.82) is 0 Å². The largest absolute Gasteiger partial charge is 0.465 e. The van der Waals surface area contributed by atoms with Crippen molar-refractivity contribution in [2.75, 3.05) is 6.61 Å². The van der Waals surface area contributed by atoms with Gasteiger partial charge in [0.05, 0.1) is 6.10 Å². The average molecular weight is 336 g/mol. The summed E-state index contributed by atoms with van der Waals surface area (Å²) in [6.45, 7) is 2.72. The number of hydrogen-bond donors (Lipinski definition) is 0. The van der Waals surface area contributed by atoms with Gasteiger partial charge in [-0.15, -0.1) is 0 Å². The van der Waals surface area contributed by atoms with E-state index in [1.807, 2.05) is 0 Å². The van der Waals surface area contributed by atoms with E-state index in [1.54, 1.807) is 24.3 Å². The second kappa shape index (κ2) is 8.44. The summed E-state index contributed by atoms with van der Waals surface area (Å²) in [5.41, 5.74) is 0.539. The Hall–Kier alpha value is -2.41. The van der Waals surface area contributed by atoms with Gasteiger partial charge in [-0.1, -0.05) is 0 Å². The lowest BCUT2D eigenvalue weighted by Crippen LogP contribution is -2.42. The lowest BCUT2D eigenvalue weighted by Gasteiger charge is -2.34. The highest BCUT2D eigenvalue weighted by atomic mass is 16.7. The van der Waals surface area contributed by atoms with Gasteiger partial charge in [-0.05, 0) is 24.3 Å². The number of aldehydes is 1. The molecule has 1 saturated heterocycles. The molecule has 1 heterocycles. The second-order valence-corrected chi connectivity index (χ2v) is 5.50. The molecule has 0 aromatic heterocycles. The van der Waals surface area contributed by atoms with Gasteiger partial charge in [-0.3, -0.25) is 14.4 Å². The molecule has 0 N–H and O–H groups in total. The predicted octanol–water partition coefficient (Wildman–Crippen LogP) is 1.88. The molecule has 3 atom stereocenters. The third-order valence-electron chi connectivity index (χ3n) is 3.41. The van der Waals surface area contributed by atoms with Gasteiger partial charge < -0.3 is 18.9 Å². The van der Waals surface area contributed by atoms with Gasteiger partial charge in [-0.2, -0.15) is 0 Å². The summed E-state index contributed by atoms with van der Waals surface area (Å²) >= 11 is 0. The summed E-state index contributed by atoms with van der Waals surface area (Å²) in [5.74, 6) is -0.266. The summed E-state index contributed by atoms with van der Waals surface area (Å²) in [5, 5.41) is 0. The number of rotatable bonds is 6. The Kier molecular flexibility index (Phi) is 6.31. The lowest BCUT2D eigenvalue weighted by atomic mass is 10.1. The minimum absolute atomic E-state index is 0.0665. The maximum atomic E-state index is 11.2. The van der Waals surface area contributed by atoms with Crippen LogP contribution in [0.25, 0.3) is 0 Å². The first-order valence-electron chi connectivity index (χ1n) is 7.64. The molecule has 7 nitrogen and oxygen atoms in total. The van der Waals surface area contributed by atoms with Crippen LogP contribution in [0.3, 0.4) is 0 Å². The first-order valence-corrected chi connectivity index (χ1v) is 7.64. The summed E-state index contributed by atoms with van der Waals surface area (Å²) in [7, 11) is 0. The van der Waals surface area contributed by atoms with Gasteiger partial charge in [-0.25, -0.2) is 0 Å². The maximum Gasteiger partial charge on any atom is 0.302 e. The predicted molar refractivity (Wildman–Crippen MR) is 82.5 cm³/mol. The highest BCUT2D eigenvalue weighted by Crippen LogP contribution is 2.25. The third kappa shape index (κ3) is 5.66. The molecule has 7 heteroatoms. The molecule has 0 bridgehead atoms. The maximum absolute atomic E-state index is 11.2. The van der Waals surface area contributed by atoms with E-state index in [-0.39, 0.29) is 18.7 Å². The molecule has 3 unspecified atom stereocenters. The van der Waals surface area contributed by atoms with Gasteiger partial charge >= 0.3 is 11.9 Å². The number of carbonyl (C=O) groups excluding carboxylic acids is 3. The van der Waals surface area contributed by atoms with Gasteiger partial charge in [0.2, 0.25) is 6.29 Å². The molecule has 130 valence electrons. The van der Waals surface area contributed by atoms with Crippen molar-refractivity contribution in [2.24, 2.45) is 0 Å². The molecule has 1 fully saturated rings. The van der Waals surface area contributed by atoms with Crippen LogP contribution in [-0.4, -0.2) is 43.3 Å². The molecule has 24 heavy (non-hydrogen) atoms. The molecule has 1 aromatic rings. The molecular formula is C17H20O7. The number of esters is 2. The minimum Gasteiger partial charge on any atom is -0.465 e. The second-order valence-electron chi connectivity index (χ2n) is 5.50. The molecule has 1 aromatic carbocycles. The summed E-state index contributed by atoms with van der Waals surface area (Å²) < 4.78 is 21.7. The Morgan fingerprint density at radius 3 is 2.46 bits per heavy atom. The van der Waals surface area contributed by atoms with E-state index in [0.717, 1.165) is 6.29 Å². The highest BCUT2D eigenvalue weighted by molar-refractivity contribution is 5.74. The number of ether oxygens (including phenoxy) is 4. The SMILES string of the molecule is CC(=O)OCC1CC(OC(C)=O)CC(Oc2ccc(C=O)cc2)O1. The van der Waals surface area contributed by atoms with E-state index in [1.165, 1.54) is 13.8 Å². The van der Waals surface area contributed by atoms with Crippen molar-refractivity contribution in [1.82, 2.24) is 0 Å². The van der Waals surface area contributed by atoms with Crippen LogP contribution in [0.1, 0.15) is 37.0 Å². The van der Waals surface area contributed by atoms with E-state index in [9.17, 15) is 14.4 Å². The molecule has 0 aliphatic carbocycles. The van der Waals surface area contributed by atoms with Gasteiger partial charge in [0, 0.05) is 32.3 Å². The quantitative estimate of drug-likeness (QED) is 0.579. The molecule has 1 aliphatic rings. The zero-order valence-electron chi connectivity index (χ0n) is 13.6. The van der Waals surface area contributed by atoms with Crippen molar-refractivity contribution >= 4 is 18.2 Å². The third-order valence-corrected chi connectivity index (χ3v) is 3.41. The lowest BCUT2D eigenvalue weighted by molar-refractivity contribution is -0.201. The first-order chi connectivity index (χ1) is 11.5. The number of benzene rings is 1. The Morgan fingerprint density at radius 1 is 1.17 bits per heavy atom. The van der Waals surface area contributed by atoms with Crippen LogP contribution in [0.5, 0.6) is 5.75 Å². The van der Waals surface area contributed by atoms with Crippen molar-refractivity contribution in [3.8, 4) is 5.75 Å². The Bertz CT molecular complexity index is 581. The van der Waals surface area contributed by atoms with Crippen molar-refractivity contribution in [2.45, 2.75) is 45.2 Å². The Labute approximate surface area is 139 Å². The fourth-order valence-electron chi connectivity index (χ4n) is 2.43. The van der Waals surface area contributed by atoms with Crippen LogP contribution in [0, 0.1) is 0 Å². The number of hydrogen-bond acceptors (Lipinski definition) is 7.